The first-order chi connectivity index (χ1) is 13.0. The lowest BCUT2D eigenvalue weighted by atomic mass is 10.3. The Labute approximate surface area is 159 Å². The number of nitrogens with one attached hydrogen (secondary N) is 1. The summed E-state index contributed by atoms with van der Waals surface area (Å²) in [6.07, 6.45) is 4.72. The molecule has 11 heteroatoms. The zero-order chi connectivity index (χ0) is 19.1. The number of allylic oxidation sites excluding steroid dienone is 2. The van der Waals surface area contributed by atoms with E-state index in [0.29, 0.717) is 29.0 Å². The summed E-state index contributed by atoms with van der Waals surface area (Å²) in [5, 5.41) is 13.8. The lowest BCUT2D eigenvalue weighted by Crippen LogP contribution is -2.24. The average Bonchev–Trinajstić information content (AvgIpc) is 3.28. The Kier molecular flexibility index (Phi) is 4.32. The molecule has 4 heterocycles. The average molecular weight is 403 g/mol. The van der Waals surface area contributed by atoms with Crippen LogP contribution in [0.2, 0.25) is 0 Å². The highest BCUT2D eigenvalue weighted by Gasteiger charge is 2.18. The van der Waals surface area contributed by atoms with Gasteiger partial charge >= 0.3 is 0 Å². The molecule has 0 fully saturated rings. The molecule has 0 aliphatic rings. The minimum absolute atomic E-state index is 0.109. The van der Waals surface area contributed by atoms with Gasteiger partial charge < -0.3 is 15.7 Å². The van der Waals surface area contributed by atoms with E-state index in [1.165, 1.54) is 22.1 Å². The van der Waals surface area contributed by atoms with Gasteiger partial charge in [-0.05, 0) is 6.08 Å². The van der Waals surface area contributed by atoms with Crippen molar-refractivity contribution in [3.8, 4) is 0 Å². The number of rotatable bonds is 5. The Morgan fingerprint density at radius 1 is 1.44 bits per heavy atom. The Morgan fingerprint density at radius 2 is 2.26 bits per heavy atom. The minimum Gasteiger partial charge on any atom is -0.402 e. The molecule has 4 aromatic heterocycles. The third-order valence-electron chi connectivity index (χ3n) is 4.06. The largest absolute Gasteiger partial charge is 0.402 e. The maximum Gasteiger partial charge on any atom is 0.291 e. The molecule has 4 rings (SSSR count). The van der Waals surface area contributed by atoms with Crippen LogP contribution in [0.5, 0.6) is 0 Å². The van der Waals surface area contributed by atoms with Gasteiger partial charge in [-0.1, -0.05) is 11.3 Å². The second-order valence-electron chi connectivity index (χ2n) is 5.87. The fraction of sp³-hybridized carbons (Fsp3) is 0.188. The molecule has 0 radical (unpaired) electrons. The molecular weight excluding hydrogens is 389 g/mol. The van der Waals surface area contributed by atoms with Crippen LogP contribution in [-0.4, -0.2) is 30.5 Å². The maximum absolute atomic E-state index is 13.1. The standard InChI is InChI=1S/C16H14FN7OS2/c1-23-12-10(13-14(23)22-11(27-13)4-8(19)2-3-18)5-20-24(15(12)25)6-9-7-26-16(17)21-9/h2-3,5,7,18H,4,6,19H2,1H3. The van der Waals surface area contributed by atoms with E-state index in [1.807, 2.05) is 0 Å². The zero-order valence-corrected chi connectivity index (χ0v) is 15.8. The molecule has 0 bridgehead atoms. The van der Waals surface area contributed by atoms with Crippen molar-refractivity contribution in [3.05, 3.63) is 49.7 Å². The number of halogens is 1. The molecule has 0 unspecified atom stereocenters. The van der Waals surface area contributed by atoms with E-state index in [0.717, 1.165) is 32.6 Å². The summed E-state index contributed by atoms with van der Waals surface area (Å²) in [6, 6.07) is 0. The van der Waals surface area contributed by atoms with Gasteiger partial charge in [0.2, 0.25) is 0 Å². The molecule has 0 saturated heterocycles. The maximum atomic E-state index is 13.1. The lowest BCUT2D eigenvalue weighted by molar-refractivity contribution is 0.591. The molecule has 0 atom stereocenters. The van der Waals surface area contributed by atoms with Crippen LogP contribution in [0, 0.1) is 10.7 Å². The summed E-state index contributed by atoms with van der Waals surface area (Å²) < 4.78 is 17.0. The molecule has 0 aliphatic carbocycles. The fourth-order valence-corrected chi connectivity index (χ4v) is 4.54. The summed E-state index contributed by atoms with van der Waals surface area (Å²) in [5.74, 6) is 0. The first kappa shape index (κ1) is 17.5. The van der Waals surface area contributed by atoms with Gasteiger partial charge in [0.25, 0.3) is 10.8 Å². The fourth-order valence-electron chi connectivity index (χ4n) is 2.87. The number of aryl methyl sites for hydroxylation is 1. The van der Waals surface area contributed by atoms with Gasteiger partial charge in [-0.25, -0.2) is 14.6 Å². The summed E-state index contributed by atoms with van der Waals surface area (Å²) in [4.78, 5) is 21.2. The highest BCUT2D eigenvalue weighted by Crippen LogP contribution is 2.31. The van der Waals surface area contributed by atoms with Crippen molar-refractivity contribution >= 4 is 50.1 Å². The van der Waals surface area contributed by atoms with Gasteiger partial charge in [0.15, 0.2) is 5.65 Å². The van der Waals surface area contributed by atoms with Crippen molar-refractivity contribution in [1.82, 2.24) is 24.3 Å². The minimum atomic E-state index is -0.536. The van der Waals surface area contributed by atoms with Crippen LogP contribution < -0.4 is 11.3 Å². The van der Waals surface area contributed by atoms with Crippen LogP contribution in [-0.2, 0) is 20.0 Å². The smallest absolute Gasteiger partial charge is 0.291 e. The highest BCUT2D eigenvalue weighted by atomic mass is 32.1. The van der Waals surface area contributed by atoms with Crippen molar-refractivity contribution in [1.29, 1.82) is 5.41 Å². The van der Waals surface area contributed by atoms with Crippen molar-refractivity contribution in [2.45, 2.75) is 13.0 Å². The van der Waals surface area contributed by atoms with Crippen LogP contribution in [0.4, 0.5) is 4.39 Å². The number of thiazole rings is 2. The van der Waals surface area contributed by atoms with E-state index in [1.54, 1.807) is 23.2 Å². The van der Waals surface area contributed by atoms with E-state index in [2.05, 4.69) is 15.1 Å². The number of aromatic nitrogens is 5. The van der Waals surface area contributed by atoms with E-state index < -0.39 is 5.26 Å². The number of hydrogen-bond donors (Lipinski definition) is 2. The van der Waals surface area contributed by atoms with Crippen LogP contribution in [0.1, 0.15) is 10.7 Å². The molecule has 27 heavy (non-hydrogen) atoms. The van der Waals surface area contributed by atoms with Crippen LogP contribution >= 0.6 is 22.7 Å². The summed E-state index contributed by atoms with van der Waals surface area (Å²) in [6.45, 7) is 0.109. The van der Waals surface area contributed by atoms with E-state index in [9.17, 15) is 9.18 Å². The van der Waals surface area contributed by atoms with Gasteiger partial charge in [0.1, 0.15) is 10.5 Å². The highest BCUT2D eigenvalue weighted by molar-refractivity contribution is 7.19. The second-order valence-corrected chi connectivity index (χ2v) is 7.76. The third-order valence-corrected chi connectivity index (χ3v) is 5.81. The van der Waals surface area contributed by atoms with Crippen LogP contribution in [0.3, 0.4) is 0 Å². The monoisotopic (exact) mass is 403 g/mol. The molecule has 3 N–H and O–H groups in total. The van der Waals surface area contributed by atoms with E-state index in [-0.39, 0.29) is 12.1 Å². The topological polar surface area (TPSA) is 115 Å². The SMILES string of the molecule is Cn1c2nc(CC(N)=CC=N)sc2c2cnn(Cc3csc(F)n3)c(=O)c21. The van der Waals surface area contributed by atoms with Crippen molar-refractivity contribution in [2.24, 2.45) is 12.8 Å². The van der Waals surface area contributed by atoms with Gasteiger partial charge in [0, 0.05) is 36.1 Å². The predicted molar refractivity (Wildman–Crippen MR) is 104 cm³/mol. The summed E-state index contributed by atoms with van der Waals surface area (Å²) in [5.41, 5.74) is 7.74. The number of fused-ring (bicyclic) bond motifs is 3. The van der Waals surface area contributed by atoms with E-state index >= 15 is 0 Å². The Morgan fingerprint density at radius 3 is 2.96 bits per heavy atom. The second kappa shape index (κ2) is 6.67. The lowest BCUT2D eigenvalue weighted by Gasteiger charge is -2.03. The molecule has 0 saturated carbocycles. The van der Waals surface area contributed by atoms with Gasteiger partial charge in [-0.2, -0.15) is 9.49 Å². The predicted octanol–water partition coefficient (Wildman–Crippen LogP) is 2.02. The number of nitrogens with zero attached hydrogens (tertiary/aromatic N) is 5. The number of nitrogens with two attached hydrogens (primary N) is 1. The van der Waals surface area contributed by atoms with Crippen molar-refractivity contribution in [2.75, 3.05) is 0 Å². The molecule has 0 amide bonds. The van der Waals surface area contributed by atoms with Gasteiger partial charge in [-0.15, -0.1) is 11.3 Å². The first-order valence-electron chi connectivity index (χ1n) is 7.87. The Balaban J connectivity index is 1.79. The van der Waals surface area contributed by atoms with Gasteiger partial charge in [-0.3, -0.25) is 4.79 Å². The summed E-state index contributed by atoms with van der Waals surface area (Å²) >= 11 is 2.34. The molecular formula is C16H14FN7OS2. The molecule has 0 aromatic carbocycles. The number of hydrogen-bond acceptors (Lipinski definition) is 8. The van der Waals surface area contributed by atoms with Crippen LogP contribution in [0.25, 0.3) is 21.3 Å². The molecule has 138 valence electrons. The molecule has 0 aliphatic heterocycles. The van der Waals surface area contributed by atoms with Crippen molar-refractivity contribution < 1.29 is 4.39 Å². The molecule has 4 aromatic rings. The normalized spacial score (nSPS) is 12.3. The Hall–Kier alpha value is -2.92. The van der Waals surface area contributed by atoms with Crippen molar-refractivity contribution in [3.63, 3.8) is 0 Å². The molecule has 0 spiro atoms. The quantitative estimate of drug-likeness (QED) is 0.495. The Bertz CT molecular complexity index is 1260. The summed E-state index contributed by atoms with van der Waals surface area (Å²) in [7, 11) is 1.78. The molecule has 8 nitrogen and oxygen atoms in total. The first-order valence-corrected chi connectivity index (χ1v) is 9.56. The zero-order valence-electron chi connectivity index (χ0n) is 14.1. The van der Waals surface area contributed by atoms with Crippen LogP contribution in [0.15, 0.2) is 28.1 Å². The third kappa shape index (κ3) is 3.04. The van der Waals surface area contributed by atoms with Gasteiger partial charge in [0.05, 0.1) is 23.1 Å². The van der Waals surface area contributed by atoms with E-state index in [4.69, 9.17) is 11.1 Å².